The number of urea groups is 1. The molecular formula is C23H42N4O5. The van der Waals surface area contributed by atoms with Gasteiger partial charge in [-0.05, 0) is 54.4 Å². The Morgan fingerprint density at radius 3 is 2.03 bits per heavy atom. The molecule has 0 aliphatic heterocycles. The fraction of sp³-hybridized carbons (Fsp3) is 0.739. The minimum Gasteiger partial charge on any atom is -0.444 e. The molecule has 4 amide bonds. The van der Waals surface area contributed by atoms with Crippen molar-refractivity contribution in [1.82, 2.24) is 15.5 Å². The first-order valence-electron chi connectivity index (χ1n) is 11.2. The fourth-order valence-corrected chi connectivity index (χ4v) is 2.59. The normalized spacial score (nSPS) is 11.7. The number of aliphatic imine (C=N–C) groups is 1. The number of carbonyl (C=O) groups excluding carboxylic acids is 3. The summed E-state index contributed by atoms with van der Waals surface area (Å²) in [6.07, 6.45) is 7.47. The molecule has 0 bridgehead atoms. The molecule has 0 rings (SSSR count). The van der Waals surface area contributed by atoms with E-state index in [0.29, 0.717) is 19.6 Å². The number of hydrogen-bond donors (Lipinski definition) is 2. The van der Waals surface area contributed by atoms with Crippen molar-refractivity contribution in [1.29, 1.82) is 0 Å². The summed E-state index contributed by atoms with van der Waals surface area (Å²) < 4.78 is 10.2. The van der Waals surface area contributed by atoms with E-state index in [9.17, 15) is 14.4 Å². The number of nitrogens with zero attached hydrogens (tertiary/aromatic N) is 2. The Morgan fingerprint density at radius 2 is 1.47 bits per heavy atom. The fourth-order valence-electron chi connectivity index (χ4n) is 2.59. The van der Waals surface area contributed by atoms with Gasteiger partial charge >= 0.3 is 18.2 Å². The number of ether oxygens (including phenoxy) is 2. The molecule has 32 heavy (non-hydrogen) atoms. The summed E-state index contributed by atoms with van der Waals surface area (Å²) in [5, 5.41) is 5.24. The summed E-state index contributed by atoms with van der Waals surface area (Å²) in [5.74, 6) is 0. The standard InChI is InChI=1S/C23H42N4O5/c1-8-16-27(19(28)25-18-26-21(30)32-23(5,6)7)17-14-12-10-9-11-13-15-24-20(29)31-22(2,3)4/h8,18H,1,9-17H2,2-7H3,(H,24,29)(H,25,26,28,30). The van der Waals surface area contributed by atoms with Crippen molar-refractivity contribution in [2.24, 2.45) is 4.99 Å². The molecule has 0 spiro atoms. The van der Waals surface area contributed by atoms with Crippen LogP contribution in [0.1, 0.15) is 80.1 Å². The van der Waals surface area contributed by atoms with Crippen LogP contribution in [0.25, 0.3) is 0 Å². The highest BCUT2D eigenvalue weighted by Crippen LogP contribution is 2.09. The minimum absolute atomic E-state index is 0.342. The molecule has 0 aliphatic rings. The molecule has 0 saturated carbocycles. The van der Waals surface area contributed by atoms with Crippen LogP contribution in [-0.2, 0) is 9.47 Å². The Bertz CT molecular complexity index is 621. The Hall–Kier alpha value is -2.58. The van der Waals surface area contributed by atoms with E-state index in [1.807, 2.05) is 20.8 Å². The van der Waals surface area contributed by atoms with Crippen LogP contribution in [0.3, 0.4) is 0 Å². The highest BCUT2D eigenvalue weighted by molar-refractivity contribution is 5.90. The van der Waals surface area contributed by atoms with Gasteiger partial charge in [-0.3, -0.25) is 5.32 Å². The number of amides is 4. The van der Waals surface area contributed by atoms with Gasteiger partial charge in [-0.25, -0.2) is 14.4 Å². The summed E-state index contributed by atoms with van der Waals surface area (Å²) in [5.41, 5.74) is -1.12. The molecule has 184 valence electrons. The SMILES string of the molecule is C=CCN(CCCCCCCCNC(=O)OC(C)(C)C)C(=O)NC=NC(=O)OC(C)(C)C. The zero-order valence-corrected chi connectivity index (χ0v) is 20.7. The average Bonchev–Trinajstić information content (AvgIpc) is 2.62. The second-order valence-corrected chi connectivity index (χ2v) is 9.47. The van der Waals surface area contributed by atoms with Crippen molar-refractivity contribution in [2.75, 3.05) is 19.6 Å². The van der Waals surface area contributed by atoms with E-state index in [4.69, 9.17) is 9.47 Å². The van der Waals surface area contributed by atoms with E-state index < -0.39 is 17.3 Å². The predicted molar refractivity (Wildman–Crippen MR) is 127 cm³/mol. The highest BCUT2D eigenvalue weighted by atomic mass is 16.6. The molecule has 0 heterocycles. The highest BCUT2D eigenvalue weighted by Gasteiger charge is 2.16. The number of alkyl carbamates (subject to hydrolysis) is 1. The van der Waals surface area contributed by atoms with Crippen molar-refractivity contribution >= 4 is 24.6 Å². The maximum Gasteiger partial charge on any atom is 0.435 e. The molecule has 0 unspecified atom stereocenters. The van der Waals surface area contributed by atoms with Gasteiger partial charge in [-0.2, -0.15) is 4.99 Å². The number of nitrogens with one attached hydrogen (secondary N) is 2. The molecule has 0 aromatic carbocycles. The molecule has 0 aliphatic carbocycles. The summed E-state index contributed by atoms with van der Waals surface area (Å²) in [6.45, 7) is 16.0. The Labute approximate surface area is 193 Å². The van der Waals surface area contributed by atoms with Gasteiger partial charge in [0.15, 0.2) is 0 Å². The quantitative estimate of drug-likeness (QED) is 0.186. The van der Waals surface area contributed by atoms with Gasteiger partial charge in [0.1, 0.15) is 17.5 Å². The van der Waals surface area contributed by atoms with Gasteiger partial charge in [0.2, 0.25) is 0 Å². The van der Waals surface area contributed by atoms with Gasteiger partial charge < -0.3 is 19.7 Å². The first kappa shape index (κ1) is 29.4. The lowest BCUT2D eigenvalue weighted by Crippen LogP contribution is -2.40. The summed E-state index contributed by atoms with van der Waals surface area (Å²) in [7, 11) is 0. The molecule has 2 N–H and O–H groups in total. The van der Waals surface area contributed by atoms with E-state index in [1.165, 1.54) is 0 Å². The molecule has 0 atom stereocenters. The summed E-state index contributed by atoms with van der Waals surface area (Å²) >= 11 is 0. The van der Waals surface area contributed by atoms with Crippen LogP contribution >= 0.6 is 0 Å². The van der Waals surface area contributed by atoms with Crippen molar-refractivity contribution in [3.05, 3.63) is 12.7 Å². The molecular weight excluding hydrogens is 412 g/mol. The largest absolute Gasteiger partial charge is 0.444 e. The van der Waals surface area contributed by atoms with E-state index in [0.717, 1.165) is 44.9 Å². The van der Waals surface area contributed by atoms with Crippen LogP contribution in [-0.4, -0.2) is 60.3 Å². The van der Waals surface area contributed by atoms with Crippen molar-refractivity contribution in [3.63, 3.8) is 0 Å². The third-order valence-corrected chi connectivity index (χ3v) is 3.91. The smallest absolute Gasteiger partial charge is 0.435 e. The van der Waals surface area contributed by atoms with E-state index >= 15 is 0 Å². The van der Waals surface area contributed by atoms with Gasteiger partial charge in [-0.15, -0.1) is 6.58 Å². The van der Waals surface area contributed by atoms with Crippen LogP contribution in [0.5, 0.6) is 0 Å². The van der Waals surface area contributed by atoms with Gasteiger partial charge in [0.05, 0.1) is 0 Å². The van der Waals surface area contributed by atoms with E-state index in [-0.39, 0.29) is 12.1 Å². The minimum atomic E-state index is -0.755. The van der Waals surface area contributed by atoms with E-state index in [2.05, 4.69) is 22.2 Å². The Morgan fingerprint density at radius 1 is 0.906 bits per heavy atom. The van der Waals surface area contributed by atoms with Crippen LogP contribution in [0.2, 0.25) is 0 Å². The second-order valence-electron chi connectivity index (χ2n) is 9.47. The van der Waals surface area contributed by atoms with Gasteiger partial charge in [0, 0.05) is 19.6 Å². The number of hydrogen-bond acceptors (Lipinski definition) is 5. The lowest BCUT2D eigenvalue weighted by Gasteiger charge is -2.20. The molecule has 0 aromatic heterocycles. The predicted octanol–water partition coefficient (Wildman–Crippen LogP) is 5.01. The first-order chi connectivity index (χ1) is 14.8. The van der Waals surface area contributed by atoms with Crippen molar-refractivity contribution in [3.8, 4) is 0 Å². The maximum atomic E-state index is 12.3. The van der Waals surface area contributed by atoms with Crippen LogP contribution < -0.4 is 10.6 Å². The number of unbranched alkanes of at least 4 members (excludes halogenated alkanes) is 5. The number of rotatable bonds is 12. The molecule has 0 aromatic rings. The maximum absolute atomic E-state index is 12.3. The zero-order valence-electron chi connectivity index (χ0n) is 20.7. The first-order valence-corrected chi connectivity index (χ1v) is 11.2. The molecule has 0 saturated heterocycles. The molecule has 9 heteroatoms. The second kappa shape index (κ2) is 15.3. The lowest BCUT2D eigenvalue weighted by atomic mass is 10.1. The van der Waals surface area contributed by atoms with Crippen LogP contribution in [0.15, 0.2) is 17.6 Å². The lowest BCUT2D eigenvalue weighted by molar-refractivity contribution is 0.0525. The average molecular weight is 455 g/mol. The van der Waals surface area contributed by atoms with Crippen LogP contribution in [0.4, 0.5) is 14.4 Å². The Balaban J connectivity index is 3.99. The summed E-state index contributed by atoms with van der Waals surface area (Å²) in [4.78, 5) is 40.5. The monoisotopic (exact) mass is 454 g/mol. The van der Waals surface area contributed by atoms with Gasteiger partial charge in [-0.1, -0.05) is 31.8 Å². The molecule has 0 radical (unpaired) electrons. The van der Waals surface area contributed by atoms with Crippen molar-refractivity contribution in [2.45, 2.75) is 91.3 Å². The summed E-state index contributed by atoms with van der Waals surface area (Å²) in [6, 6.07) is -0.342. The van der Waals surface area contributed by atoms with E-state index in [1.54, 1.807) is 31.7 Å². The van der Waals surface area contributed by atoms with Gasteiger partial charge in [0.25, 0.3) is 0 Å². The Kier molecular flexibility index (Phi) is 14.0. The third kappa shape index (κ3) is 18.2. The third-order valence-electron chi connectivity index (χ3n) is 3.91. The van der Waals surface area contributed by atoms with Crippen LogP contribution in [0, 0.1) is 0 Å². The molecule has 0 fully saturated rings. The topological polar surface area (TPSA) is 109 Å². The zero-order chi connectivity index (χ0) is 24.6. The van der Waals surface area contributed by atoms with Crippen molar-refractivity contribution < 1.29 is 23.9 Å². The molecule has 9 nitrogen and oxygen atoms in total. The number of carbonyl (C=O) groups is 3.